The molecule has 0 saturated carbocycles. The summed E-state index contributed by atoms with van der Waals surface area (Å²) in [6.07, 6.45) is 7.64. The Morgan fingerprint density at radius 2 is 2.27 bits per heavy atom. The molecule has 1 fully saturated rings. The maximum atomic E-state index is 12.4. The SMILES string of the molecule is CN(C)C(=O)c1cnn2c([C@H]3CCCN(Cc4cncs4)C3)ccnc12. The second kappa shape index (κ2) is 7.13. The van der Waals surface area contributed by atoms with Gasteiger partial charge >= 0.3 is 0 Å². The highest BCUT2D eigenvalue weighted by molar-refractivity contribution is 7.09. The number of hydrogen-bond donors (Lipinski definition) is 0. The van der Waals surface area contributed by atoms with Crippen LogP contribution in [0.5, 0.6) is 0 Å². The van der Waals surface area contributed by atoms with Crippen molar-refractivity contribution in [1.82, 2.24) is 29.4 Å². The van der Waals surface area contributed by atoms with Crippen molar-refractivity contribution in [3.63, 3.8) is 0 Å². The number of piperidine rings is 1. The molecule has 0 bridgehead atoms. The highest BCUT2D eigenvalue weighted by Gasteiger charge is 2.25. The lowest BCUT2D eigenvalue weighted by atomic mass is 9.94. The first kappa shape index (κ1) is 17.1. The molecular formula is C18H22N6OS. The van der Waals surface area contributed by atoms with E-state index in [1.165, 1.54) is 4.88 Å². The van der Waals surface area contributed by atoms with Crippen LogP contribution in [-0.4, -0.2) is 62.5 Å². The number of rotatable bonds is 4. The van der Waals surface area contributed by atoms with Crippen LogP contribution in [0.15, 0.2) is 30.2 Å². The molecular weight excluding hydrogens is 348 g/mol. The molecule has 0 aromatic carbocycles. The molecule has 0 N–H and O–H groups in total. The Morgan fingerprint density at radius 1 is 1.38 bits per heavy atom. The van der Waals surface area contributed by atoms with Gasteiger partial charge in [0.25, 0.3) is 5.91 Å². The van der Waals surface area contributed by atoms with Crippen LogP contribution >= 0.6 is 11.3 Å². The number of fused-ring (bicyclic) bond motifs is 1. The van der Waals surface area contributed by atoms with Gasteiger partial charge < -0.3 is 4.90 Å². The summed E-state index contributed by atoms with van der Waals surface area (Å²) in [7, 11) is 3.49. The molecule has 1 aliphatic heterocycles. The second-order valence-electron chi connectivity index (χ2n) is 6.90. The van der Waals surface area contributed by atoms with Crippen LogP contribution in [0.1, 0.15) is 39.7 Å². The van der Waals surface area contributed by atoms with E-state index in [9.17, 15) is 4.79 Å². The van der Waals surface area contributed by atoms with Crippen LogP contribution in [0, 0.1) is 0 Å². The van der Waals surface area contributed by atoms with Crippen LogP contribution in [0.4, 0.5) is 0 Å². The van der Waals surface area contributed by atoms with Crippen molar-refractivity contribution in [1.29, 1.82) is 0 Å². The van der Waals surface area contributed by atoms with E-state index in [-0.39, 0.29) is 5.91 Å². The summed E-state index contributed by atoms with van der Waals surface area (Å²) in [5.41, 5.74) is 4.20. The first-order valence-corrected chi connectivity index (χ1v) is 9.65. The average Bonchev–Trinajstić information content (AvgIpc) is 3.30. The fourth-order valence-corrected chi connectivity index (χ4v) is 4.23. The minimum Gasteiger partial charge on any atom is -0.345 e. The molecule has 3 aromatic rings. The lowest BCUT2D eigenvalue weighted by Gasteiger charge is -2.32. The van der Waals surface area contributed by atoms with E-state index >= 15 is 0 Å². The molecule has 0 unspecified atom stereocenters. The topological polar surface area (TPSA) is 66.6 Å². The third-order valence-corrected chi connectivity index (χ3v) is 5.62. The maximum absolute atomic E-state index is 12.4. The van der Waals surface area contributed by atoms with Crippen LogP contribution < -0.4 is 0 Å². The van der Waals surface area contributed by atoms with Gasteiger partial charge in [-0.15, -0.1) is 11.3 Å². The fraction of sp³-hybridized carbons (Fsp3) is 0.444. The quantitative estimate of drug-likeness (QED) is 0.705. The van der Waals surface area contributed by atoms with Gasteiger partial charge in [-0.05, 0) is 25.5 Å². The van der Waals surface area contributed by atoms with Gasteiger partial charge in [0.1, 0.15) is 5.56 Å². The van der Waals surface area contributed by atoms with E-state index in [1.54, 1.807) is 42.7 Å². The normalized spacial score (nSPS) is 18.3. The number of nitrogens with zero attached hydrogens (tertiary/aromatic N) is 6. The monoisotopic (exact) mass is 370 g/mol. The summed E-state index contributed by atoms with van der Waals surface area (Å²) in [6.45, 7) is 3.03. The van der Waals surface area contributed by atoms with Crippen molar-refractivity contribution in [2.75, 3.05) is 27.2 Å². The van der Waals surface area contributed by atoms with Gasteiger partial charge in [-0.1, -0.05) is 0 Å². The molecule has 1 aliphatic rings. The van der Waals surface area contributed by atoms with Crippen LogP contribution in [-0.2, 0) is 6.54 Å². The lowest BCUT2D eigenvalue weighted by Crippen LogP contribution is -2.34. The number of hydrogen-bond acceptors (Lipinski definition) is 6. The summed E-state index contributed by atoms with van der Waals surface area (Å²) in [5.74, 6) is 0.310. The molecule has 4 rings (SSSR count). The molecule has 7 nitrogen and oxygen atoms in total. The Hall–Kier alpha value is -2.32. The number of amides is 1. The average molecular weight is 370 g/mol. The number of thiazole rings is 1. The second-order valence-corrected chi connectivity index (χ2v) is 7.88. The van der Waals surface area contributed by atoms with Gasteiger partial charge in [-0.3, -0.25) is 14.7 Å². The fourth-order valence-electron chi connectivity index (χ4n) is 3.59. The smallest absolute Gasteiger partial charge is 0.258 e. The molecule has 8 heteroatoms. The molecule has 136 valence electrons. The van der Waals surface area contributed by atoms with E-state index in [2.05, 4.69) is 20.0 Å². The third-order valence-electron chi connectivity index (χ3n) is 4.85. The standard InChI is InChI=1S/C18H22N6OS/c1-22(2)18(25)15-9-21-24-16(5-6-20-17(15)24)13-4-3-7-23(10-13)11-14-8-19-12-26-14/h5-6,8-9,12-13H,3-4,7,10-11H2,1-2H3/t13-/m0/s1. The largest absolute Gasteiger partial charge is 0.345 e. The lowest BCUT2D eigenvalue weighted by molar-refractivity contribution is 0.0829. The van der Waals surface area contributed by atoms with Crippen molar-refractivity contribution < 1.29 is 4.79 Å². The summed E-state index contributed by atoms with van der Waals surface area (Å²) >= 11 is 1.70. The number of carbonyl (C=O) groups excluding carboxylic acids is 1. The van der Waals surface area contributed by atoms with Gasteiger partial charge in [0.05, 0.1) is 17.4 Å². The van der Waals surface area contributed by atoms with Gasteiger partial charge in [0, 0.05) is 50.4 Å². The summed E-state index contributed by atoms with van der Waals surface area (Å²) in [4.78, 5) is 26.3. The molecule has 0 radical (unpaired) electrons. The van der Waals surface area contributed by atoms with Crippen molar-refractivity contribution in [2.24, 2.45) is 0 Å². The molecule has 26 heavy (non-hydrogen) atoms. The van der Waals surface area contributed by atoms with Gasteiger partial charge in [-0.2, -0.15) is 5.10 Å². The van der Waals surface area contributed by atoms with Crippen molar-refractivity contribution >= 4 is 22.9 Å². The predicted molar refractivity (Wildman–Crippen MR) is 100 cm³/mol. The number of aromatic nitrogens is 4. The van der Waals surface area contributed by atoms with E-state index in [0.29, 0.717) is 17.1 Å². The van der Waals surface area contributed by atoms with E-state index < -0.39 is 0 Å². The maximum Gasteiger partial charge on any atom is 0.258 e. The summed E-state index contributed by atoms with van der Waals surface area (Å²) in [5, 5.41) is 4.48. The molecule has 1 amide bonds. The van der Waals surface area contributed by atoms with Crippen molar-refractivity contribution in [3.8, 4) is 0 Å². The minimum absolute atomic E-state index is 0.0693. The van der Waals surface area contributed by atoms with Gasteiger partial charge in [0.15, 0.2) is 5.65 Å². The first-order valence-electron chi connectivity index (χ1n) is 8.77. The highest BCUT2D eigenvalue weighted by atomic mass is 32.1. The van der Waals surface area contributed by atoms with Crippen LogP contribution in [0.3, 0.4) is 0 Å². The Kier molecular flexibility index (Phi) is 4.69. The van der Waals surface area contributed by atoms with Crippen molar-refractivity contribution in [3.05, 3.63) is 46.3 Å². The van der Waals surface area contributed by atoms with Crippen LogP contribution in [0.2, 0.25) is 0 Å². The molecule has 1 saturated heterocycles. The predicted octanol–water partition coefficient (Wildman–Crippen LogP) is 2.27. The van der Waals surface area contributed by atoms with E-state index in [1.807, 2.05) is 22.3 Å². The molecule has 4 heterocycles. The molecule has 1 atom stereocenters. The Morgan fingerprint density at radius 3 is 3.04 bits per heavy atom. The molecule has 3 aromatic heterocycles. The summed E-state index contributed by atoms with van der Waals surface area (Å²) < 4.78 is 1.84. The number of likely N-dealkylation sites (tertiary alicyclic amines) is 1. The Balaban J connectivity index is 1.61. The van der Waals surface area contributed by atoms with Gasteiger partial charge in [0.2, 0.25) is 0 Å². The zero-order valence-electron chi connectivity index (χ0n) is 15.0. The van der Waals surface area contributed by atoms with Crippen molar-refractivity contribution in [2.45, 2.75) is 25.3 Å². The van der Waals surface area contributed by atoms with Gasteiger partial charge in [-0.25, -0.2) is 9.50 Å². The zero-order valence-corrected chi connectivity index (χ0v) is 15.8. The van der Waals surface area contributed by atoms with Crippen LogP contribution in [0.25, 0.3) is 5.65 Å². The van der Waals surface area contributed by atoms with E-state index in [0.717, 1.165) is 38.2 Å². The molecule has 0 aliphatic carbocycles. The number of carbonyl (C=O) groups is 1. The summed E-state index contributed by atoms with van der Waals surface area (Å²) in [6, 6.07) is 2.03. The minimum atomic E-state index is -0.0693. The first-order chi connectivity index (χ1) is 12.6. The van der Waals surface area contributed by atoms with E-state index in [4.69, 9.17) is 0 Å². The Bertz CT molecular complexity index is 904. The Labute approximate surface area is 156 Å². The highest BCUT2D eigenvalue weighted by Crippen LogP contribution is 2.28. The third kappa shape index (κ3) is 3.22. The molecule has 0 spiro atoms. The zero-order chi connectivity index (χ0) is 18.1.